The van der Waals surface area contributed by atoms with Crippen LogP contribution >= 0.6 is 0 Å². The Labute approximate surface area is 179 Å². The molecule has 7 nitrogen and oxygen atoms in total. The van der Waals surface area contributed by atoms with E-state index in [2.05, 4.69) is 5.32 Å². The average molecular weight is 435 g/mol. The van der Waals surface area contributed by atoms with Gasteiger partial charge in [-0.25, -0.2) is 8.42 Å². The number of hydrogen-bond donors (Lipinski definition) is 1. The summed E-state index contributed by atoms with van der Waals surface area (Å²) in [6.07, 6.45) is 2.06. The zero-order chi connectivity index (χ0) is 22.1. The highest BCUT2D eigenvalue weighted by Gasteiger charge is 2.15. The Morgan fingerprint density at radius 2 is 1.80 bits per heavy atom. The number of carbonyl (C=O) groups is 1. The summed E-state index contributed by atoms with van der Waals surface area (Å²) < 4.78 is 35.6. The molecule has 0 spiro atoms. The van der Waals surface area contributed by atoms with Crippen LogP contribution < -0.4 is 19.1 Å². The lowest BCUT2D eigenvalue weighted by Gasteiger charge is -2.18. The Hall–Kier alpha value is -2.74. The van der Waals surface area contributed by atoms with E-state index in [4.69, 9.17) is 9.47 Å². The van der Waals surface area contributed by atoms with Crippen LogP contribution in [-0.2, 0) is 21.2 Å². The number of ether oxygens (including phenoxy) is 2. The molecule has 1 N–H and O–H groups in total. The predicted molar refractivity (Wildman–Crippen MR) is 119 cm³/mol. The van der Waals surface area contributed by atoms with Crippen LogP contribution in [0.2, 0.25) is 0 Å². The number of para-hydroxylation sites is 1. The molecule has 0 aliphatic heterocycles. The van der Waals surface area contributed by atoms with Crippen molar-refractivity contribution in [2.45, 2.75) is 32.8 Å². The van der Waals surface area contributed by atoms with Gasteiger partial charge in [-0.1, -0.05) is 18.2 Å². The fourth-order valence-corrected chi connectivity index (χ4v) is 3.33. The van der Waals surface area contributed by atoms with Crippen LogP contribution in [0.25, 0.3) is 0 Å². The van der Waals surface area contributed by atoms with E-state index >= 15 is 0 Å². The first-order valence-electron chi connectivity index (χ1n) is 9.91. The van der Waals surface area contributed by atoms with Gasteiger partial charge in [0, 0.05) is 13.6 Å². The van der Waals surface area contributed by atoms with E-state index in [9.17, 15) is 13.2 Å². The number of aryl methyl sites for hydroxylation is 1. The Bertz CT molecular complexity index is 929. The third kappa shape index (κ3) is 6.95. The molecule has 8 heteroatoms. The lowest BCUT2D eigenvalue weighted by molar-refractivity contribution is -0.127. The summed E-state index contributed by atoms with van der Waals surface area (Å²) in [7, 11) is -1.84. The Balaban J connectivity index is 1.80. The zero-order valence-corrected chi connectivity index (χ0v) is 18.7. The van der Waals surface area contributed by atoms with Crippen LogP contribution in [-0.4, -0.2) is 46.9 Å². The van der Waals surface area contributed by atoms with Gasteiger partial charge in [0.15, 0.2) is 6.10 Å². The Morgan fingerprint density at radius 1 is 1.13 bits per heavy atom. The van der Waals surface area contributed by atoms with Crippen molar-refractivity contribution in [1.29, 1.82) is 0 Å². The molecule has 2 rings (SSSR count). The van der Waals surface area contributed by atoms with Gasteiger partial charge < -0.3 is 14.8 Å². The number of hydrogen-bond acceptors (Lipinski definition) is 5. The van der Waals surface area contributed by atoms with Crippen LogP contribution in [0.4, 0.5) is 5.69 Å². The Kier molecular flexibility index (Phi) is 8.53. The Morgan fingerprint density at radius 3 is 2.43 bits per heavy atom. The fourth-order valence-electron chi connectivity index (χ4n) is 2.82. The quantitative estimate of drug-likeness (QED) is 0.550. The van der Waals surface area contributed by atoms with Gasteiger partial charge in [-0.3, -0.25) is 9.10 Å². The van der Waals surface area contributed by atoms with Gasteiger partial charge in [0.25, 0.3) is 5.91 Å². The summed E-state index contributed by atoms with van der Waals surface area (Å²) in [5, 5.41) is 2.88. The van der Waals surface area contributed by atoms with Crippen molar-refractivity contribution >= 4 is 21.6 Å². The molecule has 0 saturated carbocycles. The molecule has 1 atom stereocenters. The number of nitrogens with zero attached hydrogens (tertiary/aromatic N) is 1. The number of rotatable bonds is 11. The largest absolute Gasteiger partial charge is 0.494 e. The lowest BCUT2D eigenvalue weighted by atomic mass is 10.1. The van der Waals surface area contributed by atoms with Gasteiger partial charge in [-0.05, 0) is 62.6 Å². The number of nitrogens with one attached hydrogen (secondary N) is 1. The minimum atomic E-state index is -3.32. The maximum Gasteiger partial charge on any atom is 0.260 e. The molecule has 2 aromatic rings. The second-order valence-corrected chi connectivity index (χ2v) is 8.93. The summed E-state index contributed by atoms with van der Waals surface area (Å²) in [5.74, 6) is 1.17. The molecular weight excluding hydrogens is 404 g/mol. The summed E-state index contributed by atoms with van der Waals surface area (Å²) >= 11 is 0. The standard InChI is InChI=1S/C22H30N2O5S/c1-5-28-21-11-7-6-9-18(21)10-8-16-23-22(25)17(2)29-20-14-12-19(13-15-20)24(3)30(4,26)27/h6-7,9,11-15,17H,5,8,10,16H2,1-4H3,(H,23,25)/t17-/m1/s1. The van der Waals surface area contributed by atoms with Crippen LogP contribution in [0.5, 0.6) is 11.5 Å². The van der Waals surface area contributed by atoms with E-state index in [0.717, 1.165) is 30.4 Å². The first-order chi connectivity index (χ1) is 14.2. The van der Waals surface area contributed by atoms with E-state index in [1.165, 1.54) is 11.4 Å². The van der Waals surface area contributed by atoms with Crippen molar-refractivity contribution < 1.29 is 22.7 Å². The summed E-state index contributed by atoms with van der Waals surface area (Å²) in [4.78, 5) is 12.3. The third-order valence-electron chi connectivity index (χ3n) is 4.57. The van der Waals surface area contributed by atoms with Crippen molar-refractivity contribution in [1.82, 2.24) is 5.32 Å². The highest BCUT2D eigenvalue weighted by molar-refractivity contribution is 7.92. The molecule has 1 amide bonds. The molecule has 30 heavy (non-hydrogen) atoms. The van der Waals surface area contributed by atoms with Crippen molar-refractivity contribution in [3.63, 3.8) is 0 Å². The summed E-state index contributed by atoms with van der Waals surface area (Å²) in [6, 6.07) is 14.5. The van der Waals surface area contributed by atoms with Gasteiger partial charge in [-0.15, -0.1) is 0 Å². The number of benzene rings is 2. The van der Waals surface area contributed by atoms with Gasteiger partial charge >= 0.3 is 0 Å². The summed E-state index contributed by atoms with van der Waals surface area (Å²) in [5.41, 5.74) is 1.64. The number of sulfonamides is 1. The van der Waals surface area contributed by atoms with E-state index < -0.39 is 16.1 Å². The van der Waals surface area contributed by atoms with E-state index in [1.807, 2.05) is 31.2 Å². The maximum atomic E-state index is 12.3. The molecule has 0 aliphatic rings. The molecule has 0 radical (unpaired) electrons. The zero-order valence-electron chi connectivity index (χ0n) is 17.9. The predicted octanol–water partition coefficient (Wildman–Crippen LogP) is 3.00. The molecule has 0 unspecified atom stereocenters. The van der Waals surface area contributed by atoms with Crippen LogP contribution in [0.15, 0.2) is 48.5 Å². The van der Waals surface area contributed by atoms with Gasteiger partial charge in [0.05, 0.1) is 18.6 Å². The number of carbonyl (C=O) groups excluding carboxylic acids is 1. The van der Waals surface area contributed by atoms with Crippen molar-refractivity contribution in [3.05, 3.63) is 54.1 Å². The highest BCUT2D eigenvalue weighted by Crippen LogP contribution is 2.21. The molecule has 0 saturated heterocycles. The number of anilines is 1. The van der Waals surface area contributed by atoms with E-state index in [0.29, 0.717) is 24.6 Å². The molecule has 0 aromatic heterocycles. The molecule has 164 valence electrons. The third-order valence-corrected chi connectivity index (χ3v) is 5.78. The topological polar surface area (TPSA) is 84.9 Å². The molecule has 0 heterocycles. The fraction of sp³-hybridized carbons (Fsp3) is 0.409. The van der Waals surface area contributed by atoms with Crippen LogP contribution in [0, 0.1) is 0 Å². The van der Waals surface area contributed by atoms with Crippen molar-refractivity contribution in [2.24, 2.45) is 0 Å². The van der Waals surface area contributed by atoms with Crippen molar-refractivity contribution in [3.8, 4) is 11.5 Å². The van der Waals surface area contributed by atoms with Crippen molar-refractivity contribution in [2.75, 3.05) is 30.8 Å². The first kappa shape index (κ1) is 23.5. The normalized spacial score (nSPS) is 12.1. The minimum absolute atomic E-state index is 0.203. The maximum absolute atomic E-state index is 12.3. The smallest absolute Gasteiger partial charge is 0.260 e. The van der Waals surface area contributed by atoms with Gasteiger partial charge in [0.1, 0.15) is 11.5 Å². The van der Waals surface area contributed by atoms with Gasteiger partial charge in [0.2, 0.25) is 10.0 Å². The minimum Gasteiger partial charge on any atom is -0.494 e. The van der Waals surface area contributed by atoms with Crippen LogP contribution in [0.3, 0.4) is 0 Å². The molecular formula is C22H30N2O5S. The first-order valence-corrected chi connectivity index (χ1v) is 11.8. The van der Waals surface area contributed by atoms with E-state index in [-0.39, 0.29) is 5.91 Å². The van der Waals surface area contributed by atoms with Crippen LogP contribution in [0.1, 0.15) is 25.8 Å². The highest BCUT2D eigenvalue weighted by atomic mass is 32.2. The molecule has 0 aliphatic carbocycles. The average Bonchev–Trinajstić information content (AvgIpc) is 2.71. The molecule has 0 fully saturated rings. The SMILES string of the molecule is CCOc1ccccc1CCCNC(=O)[C@@H](C)Oc1ccc(N(C)S(C)(=O)=O)cc1. The summed E-state index contributed by atoms with van der Waals surface area (Å²) in [6.45, 7) is 4.78. The molecule has 2 aromatic carbocycles. The lowest BCUT2D eigenvalue weighted by Crippen LogP contribution is -2.37. The monoisotopic (exact) mass is 434 g/mol. The van der Waals surface area contributed by atoms with Gasteiger partial charge in [-0.2, -0.15) is 0 Å². The van der Waals surface area contributed by atoms with E-state index in [1.54, 1.807) is 31.2 Å². The second kappa shape index (κ2) is 10.9. The molecule has 0 bridgehead atoms. The number of amides is 1. The second-order valence-electron chi connectivity index (χ2n) is 6.92.